The zero-order valence-electron chi connectivity index (χ0n) is 16.3. The fraction of sp³-hybridized carbons (Fsp3) is 0.174. The van der Waals surface area contributed by atoms with Crippen LogP contribution in [0.25, 0.3) is 10.9 Å². The average molecular weight is 385 g/mol. The Morgan fingerprint density at radius 2 is 1.86 bits per heavy atom. The minimum atomic E-state index is -0.193. The van der Waals surface area contributed by atoms with Gasteiger partial charge in [-0.2, -0.15) is 0 Å². The van der Waals surface area contributed by atoms with Gasteiger partial charge < -0.3 is 15.2 Å². The SMILES string of the molecule is CN(Cc1ccccc1)c1nccc(C(=O)NCCc2c[nH]c3ccccc23)n1. The van der Waals surface area contributed by atoms with Crippen LogP contribution < -0.4 is 10.2 Å². The Balaban J connectivity index is 1.37. The molecule has 2 aromatic heterocycles. The molecule has 146 valence electrons. The van der Waals surface area contributed by atoms with Gasteiger partial charge in [-0.1, -0.05) is 48.5 Å². The quantitative estimate of drug-likeness (QED) is 0.510. The number of carbonyl (C=O) groups excluding carboxylic acids is 1. The van der Waals surface area contributed by atoms with Crippen molar-refractivity contribution in [2.45, 2.75) is 13.0 Å². The molecular formula is C23H23N5O. The number of hydrogen-bond donors (Lipinski definition) is 2. The number of H-pyrrole nitrogens is 1. The molecule has 0 saturated carbocycles. The zero-order valence-corrected chi connectivity index (χ0v) is 16.3. The second-order valence-corrected chi connectivity index (χ2v) is 6.95. The first kappa shape index (κ1) is 18.7. The molecule has 0 radical (unpaired) electrons. The number of fused-ring (bicyclic) bond motifs is 1. The maximum absolute atomic E-state index is 12.5. The van der Waals surface area contributed by atoms with Crippen molar-refractivity contribution in [3.05, 3.63) is 89.9 Å². The number of para-hydroxylation sites is 1. The summed E-state index contributed by atoms with van der Waals surface area (Å²) < 4.78 is 0. The van der Waals surface area contributed by atoms with Crippen LogP contribution in [0.1, 0.15) is 21.6 Å². The molecule has 0 unspecified atom stereocenters. The van der Waals surface area contributed by atoms with E-state index in [-0.39, 0.29) is 5.91 Å². The molecule has 6 heteroatoms. The van der Waals surface area contributed by atoms with Gasteiger partial charge in [0.1, 0.15) is 5.69 Å². The molecule has 0 spiro atoms. The van der Waals surface area contributed by atoms with Crippen molar-refractivity contribution in [2.24, 2.45) is 0 Å². The molecule has 0 saturated heterocycles. The predicted molar refractivity (Wildman–Crippen MR) is 115 cm³/mol. The highest BCUT2D eigenvalue weighted by atomic mass is 16.1. The van der Waals surface area contributed by atoms with E-state index in [0.717, 1.165) is 17.5 Å². The highest BCUT2D eigenvalue weighted by Crippen LogP contribution is 2.17. The van der Waals surface area contributed by atoms with Gasteiger partial charge in [-0.15, -0.1) is 0 Å². The number of nitrogens with one attached hydrogen (secondary N) is 2. The van der Waals surface area contributed by atoms with E-state index in [2.05, 4.69) is 38.5 Å². The van der Waals surface area contributed by atoms with Crippen molar-refractivity contribution in [1.82, 2.24) is 20.3 Å². The molecular weight excluding hydrogens is 362 g/mol. The molecule has 4 aromatic rings. The lowest BCUT2D eigenvalue weighted by molar-refractivity contribution is 0.0949. The molecule has 0 aliphatic rings. The van der Waals surface area contributed by atoms with Gasteiger partial charge in [-0.05, 0) is 29.7 Å². The molecule has 0 aliphatic heterocycles. The van der Waals surface area contributed by atoms with Crippen LogP contribution in [0.5, 0.6) is 0 Å². The summed E-state index contributed by atoms with van der Waals surface area (Å²) in [4.78, 5) is 26.5. The molecule has 2 aromatic carbocycles. The fourth-order valence-electron chi connectivity index (χ4n) is 3.33. The van der Waals surface area contributed by atoms with Crippen LogP contribution in [0, 0.1) is 0 Å². The Morgan fingerprint density at radius 3 is 2.72 bits per heavy atom. The lowest BCUT2D eigenvalue weighted by atomic mass is 10.1. The number of anilines is 1. The Labute approximate surface area is 169 Å². The second-order valence-electron chi connectivity index (χ2n) is 6.95. The largest absolute Gasteiger partial charge is 0.361 e. The van der Waals surface area contributed by atoms with Crippen LogP contribution in [-0.2, 0) is 13.0 Å². The van der Waals surface area contributed by atoms with Gasteiger partial charge in [0.05, 0.1) is 0 Å². The molecule has 4 rings (SSSR count). The van der Waals surface area contributed by atoms with Crippen LogP contribution in [0.3, 0.4) is 0 Å². The third kappa shape index (κ3) is 4.43. The number of hydrogen-bond acceptors (Lipinski definition) is 4. The maximum atomic E-state index is 12.5. The minimum Gasteiger partial charge on any atom is -0.361 e. The molecule has 0 bridgehead atoms. The summed E-state index contributed by atoms with van der Waals surface area (Å²) in [5.74, 6) is 0.333. The van der Waals surface area contributed by atoms with E-state index < -0.39 is 0 Å². The smallest absolute Gasteiger partial charge is 0.270 e. The Morgan fingerprint density at radius 1 is 1.07 bits per heavy atom. The van der Waals surface area contributed by atoms with Crippen molar-refractivity contribution in [2.75, 3.05) is 18.5 Å². The van der Waals surface area contributed by atoms with Gasteiger partial charge in [0.2, 0.25) is 5.95 Å². The summed E-state index contributed by atoms with van der Waals surface area (Å²) in [7, 11) is 1.92. The minimum absolute atomic E-state index is 0.193. The van der Waals surface area contributed by atoms with Crippen LogP contribution in [0.15, 0.2) is 73.1 Å². The molecule has 6 nitrogen and oxygen atoms in total. The van der Waals surface area contributed by atoms with Gasteiger partial charge in [-0.25, -0.2) is 9.97 Å². The Bertz CT molecular complexity index is 1110. The number of amides is 1. The van der Waals surface area contributed by atoms with Gasteiger partial charge >= 0.3 is 0 Å². The van der Waals surface area contributed by atoms with E-state index in [4.69, 9.17) is 0 Å². The van der Waals surface area contributed by atoms with Crippen LogP contribution in [-0.4, -0.2) is 34.5 Å². The standard InChI is InChI=1S/C23H23N5O/c1-28(16-17-7-3-2-4-8-17)23-25-14-12-21(27-23)22(29)24-13-11-18-15-26-20-10-6-5-9-19(18)20/h2-10,12,14-15,26H,11,13,16H2,1H3,(H,24,29). The Hall–Kier alpha value is -3.67. The molecule has 0 aliphatic carbocycles. The first-order valence-corrected chi connectivity index (χ1v) is 9.62. The van der Waals surface area contributed by atoms with E-state index in [9.17, 15) is 4.79 Å². The number of nitrogens with zero attached hydrogens (tertiary/aromatic N) is 3. The van der Waals surface area contributed by atoms with Gasteiger partial charge in [0.25, 0.3) is 5.91 Å². The highest BCUT2D eigenvalue weighted by molar-refractivity contribution is 5.92. The Kier molecular flexibility index (Phi) is 5.52. The number of aromatic nitrogens is 3. The van der Waals surface area contributed by atoms with E-state index in [1.54, 1.807) is 12.3 Å². The van der Waals surface area contributed by atoms with Gasteiger partial charge in [-0.3, -0.25) is 4.79 Å². The van der Waals surface area contributed by atoms with Crippen molar-refractivity contribution in [3.8, 4) is 0 Å². The average Bonchev–Trinajstić information content (AvgIpc) is 3.18. The summed E-state index contributed by atoms with van der Waals surface area (Å²) in [6.07, 6.45) is 4.37. The normalized spacial score (nSPS) is 10.8. The van der Waals surface area contributed by atoms with Crippen LogP contribution in [0.2, 0.25) is 0 Å². The number of rotatable bonds is 7. The predicted octanol–water partition coefficient (Wildman–Crippen LogP) is 3.57. The lowest BCUT2D eigenvalue weighted by Crippen LogP contribution is -2.27. The third-order valence-electron chi connectivity index (χ3n) is 4.83. The summed E-state index contributed by atoms with van der Waals surface area (Å²) in [6, 6.07) is 19.9. The van der Waals surface area contributed by atoms with Gasteiger partial charge in [0.15, 0.2) is 0 Å². The van der Waals surface area contributed by atoms with Gasteiger partial charge in [0, 0.05) is 43.4 Å². The summed E-state index contributed by atoms with van der Waals surface area (Å²) in [5.41, 5.74) is 3.82. The highest BCUT2D eigenvalue weighted by Gasteiger charge is 2.12. The molecule has 29 heavy (non-hydrogen) atoms. The molecule has 1 amide bonds. The van der Waals surface area contributed by atoms with E-state index in [0.29, 0.717) is 24.7 Å². The van der Waals surface area contributed by atoms with Crippen molar-refractivity contribution < 1.29 is 4.79 Å². The second kappa shape index (κ2) is 8.56. The lowest BCUT2D eigenvalue weighted by Gasteiger charge is -2.17. The van der Waals surface area contributed by atoms with E-state index in [1.807, 2.05) is 54.5 Å². The van der Waals surface area contributed by atoms with Crippen molar-refractivity contribution in [1.29, 1.82) is 0 Å². The van der Waals surface area contributed by atoms with E-state index in [1.165, 1.54) is 10.9 Å². The van der Waals surface area contributed by atoms with Crippen LogP contribution in [0.4, 0.5) is 5.95 Å². The third-order valence-corrected chi connectivity index (χ3v) is 4.83. The number of carbonyl (C=O) groups is 1. The number of aromatic amines is 1. The fourth-order valence-corrected chi connectivity index (χ4v) is 3.33. The topological polar surface area (TPSA) is 73.9 Å². The number of benzene rings is 2. The van der Waals surface area contributed by atoms with Crippen molar-refractivity contribution in [3.63, 3.8) is 0 Å². The van der Waals surface area contributed by atoms with Crippen molar-refractivity contribution >= 4 is 22.8 Å². The maximum Gasteiger partial charge on any atom is 0.270 e. The van der Waals surface area contributed by atoms with Crippen LogP contribution >= 0.6 is 0 Å². The summed E-state index contributed by atoms with van der Waals surface area (Å²) in [6.45, 7) is 1.21. The monoisotopic (exact) mass is 385 g/mol. The zero-order chi connectivity index (χ0) is 20.1. The molecule has 0 atom stereocenters. The van der Waals surface area contributed by atoms with E-state index >= 15 is 0 Å². The first-order valence-electron chi connectivity index (χ1n) is 9.62. The summed E-state index contributed by atoms with van der Waals surface area (Å²) in [5, 5.41) is 4.14. The molecule has 2 N–H and O–H groups in total. The summed E-state index contributed by atoms with van der Waals surface area (Å²) >= 11 is 0. The molecule has 2 heterocycles. The molecule has 0 fully saturated rings. The first-order chi connectivity index (χ1) is 14.2.